The van der Waals surface area contributed by atoms with Gasteiger partial charge in [-0.05, 0) is 31.6 Å². The maximum atomic E-state index is 5.84. The molecule has 0 aromatic carbocycles. The standard InChI is InChI=1S/C16H32N2O/c1-5-12(3)15-11-18(13(4)9-17-15)10-14-7-8-19-16(14)6-2/h12-17H,5-11H2,1-4H3. The fourth-order valence-electron chi connectivity index (χ4n) is 3.52. The van der Waals surface area contributed by atoms with Gasteiger partial charge in [0.15, 0.2) is 0 Å². The van der Waals surface area contributed by atoms with Gasteiger partial charge in [-0.3, -0.25) is 4.90 Å². The summed E-state index contributed by atoms with van der Waals surface area (Å²) in [6.45, 7) is 13.8. The fourth-order valence-corrected chi connectivity index (χ4v) is 3.52. The quantitative estimate of drug-likeness (QED) is 0.829. The van der Waals surface area contributed by atoms with Crippen LogP contribution in [-0.2, 0) is 4.74 Å². The highest BCUT2D eigenvalue weighted by atomic mass is 16.5. The van der Waals surface area contributed by atoms with Crippen LogP contribution >= 0.6 is 0 Å². The number of rotatable bonds is 5. The lowest BCUT2D eigenvalue weighted by Gasteiger charge is -2.42. The number of nitrogens with one attached hydrogen (secondary N) is 1. The summed E-state index contributed by atoms with van der Waals surface area (Å²) in [4.78, 5) is 2.70. The summed E-state index contributed by atoms with van der Waals surface area (Å²) in [5, 5.41) is 3.73. The van der Waals surface area contributed by atoms with E-state index >= 15 is 0 Å². The van der Waals surface area contributed by atoms with Gasteiger partial charge < -0.3 is 10.1 Å². The lowest BCUT2D eigenvalue weighted by molar-refractivity contribution is 0.0540. The van der Waals surface area contributed by atoms with Gasteiger partial charge >= 0.3 is 0 Å². The molecule has 0 spiro atoms. The van der Waals surface area contributed by atoms with Crippen LogP contribution in [0.4, 0.5) is 0 Å². The zero-order valence-electron chi connectivity index (χ0n) is 13.2. The number of nitrogens with zero attached hydrogens (tertiary/aromatic N) is 1. The number of hydrogen-bond donors (Lipinski definition) is 1. The van der Waals surface area contributed by atoms with E-state index in [4.69, 9.17) is 4.74 Å². The van der Waals surface area contributed by atoms with Crippen LogP contribution in [0.1, 0.15) is 47.0 Å². The molecule has 0 amide bonds. The minimum Gasteiger partial charge on any atom is -0.378 e. The van der Waals surface area contributed by atoms with Crippen LogP contribution in [0.3, 0.4) is 0 Å². The molecule has 5 atom stereocenters. The Hall–Kier alpha value is -0.120. The molecule has 2 aliphatic heterocycles. The minimum absolute atomic E-state index is 0.504. The highest BCUT2D eigenvalue weighted by Crippen LogP contribution is 2.26. The van der Waals surface area contributed by atoms with Crippen molar-refractivity contribution >= 4 is 0 Å². The fraction of sp³-hybridized carbons (Fsp3) is 1.00. The average Bonchev–Trinajstić information content (AvgIpc) is 2.87. The Kier molecular flexibility index (Phi) is 5.67. The Morgan fingerprint density at radius 1 is 1.37 bits per heavy atom. The molecule has 112 valence electrons. The van der Waals surface area contributed by atoms with Crippen LogP contribution < -0.4 is 5.32 Å². The summed E-state index contributed by atoms with van der Waals surface area (Å²) >= 11 is 0. The topological polar surface area (TPSA) is 24.5 Å². The first-order valence-corrected chi connectivity index (χ1v) is 8.24. The highest BCUT2D eigenvalue weighted by molar-refractivity contribution is 4.89. The van der Waals surface area contributed by atoms with Gasteiger partial charge in [0, 0.05) is 38.3 Å². The third-order valence-electron chi connectivity index (χ3n) is 5.28. The molecule has 19 heavy (non-hydrogen) atoms. The second-order valence-electron chi connectivity index (χ2n) is 6.57. The Bertz CT molecular complexity index is 271. The Labute approximate surface area is 119 Å². The van der Waals surface area contributed by atoms with Crippen molar-refractivity contribution in [3.63, 3.8) is 0 Å². The molecule has 2 heterocycles. The first kappa shape index (κ1) is 15.3. The van der Waals surface area contributed by atoms with Crippen molar-refractivity contribution in [1.82, 2.24) is 10.2 Å². The second-order valence-corrected chi connectivity index (χ2v) is 6.57. The Balaban J connectivity index is 1.90. The van der Waals surface area contributed by atoms with Gasteiger partial charge in [0.25, 0.3) is 0 Å². The van der Waals surface area contributed by atoms with Crippen molar-refractivity contribution in [2.24, 2.45) is 11.8 Å². The predicted octanol–water partition coefficient (Wildman–Crippen LogP) is 2.51. The molecule has 1 N–H and O–H groups in total. The van der Waals surface area contributed by atoms with E-state index in [1.165, 1.54) is 32.4 Å². The Morgan fingerprint density at radius 3 is 2.84 bits per heavy atom. The molecule has 3 heteroatoms. The monoisotopic (exact) mass is 268 g/mol. The Morgan fingerprint density at radius 2 is 2.16 bits per heavy atom. The summed E-state index contributed by atoms with van der Waals surface area (Å²) in [5.74, 6) is 1.53. The van der Waals surface area contributed by atoms with Crippen molar-refractivity contribution in [2.45, 2.75) is 65.1 Å². The summed E-state index contributed by atoms with van der Waals surface area (Å²) in [5.41, 5.74) is 0. The lowest BCUT2D eigenvalue weighted by Crippen LogP contribution is -2.58. The first-order valence-electron chi connectivity index (χ1n) is 8.24. The maximum Gasteiger partial charge on any atom is 0.0613 e. The number of piperazine rings is 1. The van der Waals surface area contributed by atoms with Gasteiger partial charge in [0.2, 0.25) is 0 Å². The van der Waals surface area contributed by atoms with Crippen molar-refractivity contribution < 1.29 is 4.74 Å². The molecule has 0 bridgehead atoms. The molecule has 0 aromatic rings. The van der Waals surface area contributed by atoms with Crippen molar-refractivity contribution in [1.29, 1.82) is 0 Å². The van der Waals surface area contributed by atoms with Crippen molar-refractivity contribution in [2.75, 3.05) is 26.2 Å². The highest BCUT2D eigenvalue weighted by Gasteiger charge is 2.33. The molecule has 2 rings (SSSR count). The van der Waals surface area contributed by atoms with E-state index in [1.54, 1.807) is 0 Å². The van der Waals surface area contributed by atoms with Gasteiger partial charge in [0.1, 0.15) is 0 Å². The van der Waals surface area contributed by atoms with Gasteiger partial charge in [0.05, 0.1) is 6.10 Å². The van der Waals surface area contributed by atoms with Crippen molar-refractivity contribution in [3.05, 3.63) is 0 Å². The van der Waals surface area contributed by atoms with Gasteiger partial charge in [-0.25, -0.2) is 0 Å². The number of hydrogen-bond acceptors (Lipinski definition) is 3. The van der Waals surface area contributed by atoms with Gasteiger partial charge in [-0.1, -0.05) is 27.2 Å². The molecular formula is C16H32N2O. The summed E-state index contributed by atoms with van der Waals surface area (Å²) < 4.78 is 5.84. The zero-order chi connectivity index (χ0) is 13.8. The second kappa shape index (κ2) is 7.05. The molecule has 2 aliphatic rings. The van der Waals surface area contributed by atoms with Crippen LogP contribution in [0.2, 0.25) is 0 Å². The average molecular weight is 268 g/mol. The zero-order valence-corrected chi connectivity index (χ0v) is 13.2. The lowest BCUT2D eigenvalue weighted by atomic mass is 9.93. The van der Waals surface area contributed by atoms with Crippen LogP contribution in [0.25, 0.3) is 0 Å². The molecule has 0 aliphatic carbocycles. The molecule has 3 nitrogen and oxygen atoms in total. The van der Waals surface area contributed by atoms with E-state index in [1.807, 2.05) is 0 Å². The smallest absolute Gasteiger partial charge is 0.0613 e. The normalized spacial score (nSPS) is 38.5. The molecule has 0 radical (unpaired) electrons. The predicted molar refractivity (Wildman–Crippen MR) is 80.4 cm³/mol. The van der Waals surface area contributed by atoms with Gasteiger partial charge in [-0.15, -0.1) is 0 Å². The molecule has 2 saturated heterocycles. The van der Waals surface area contributed by atoms with E-state index in [9.17, 15) is 0 Å². The SMILES string of the molecule is CCC(C)C1CN(CC2CCOC2CC)C(C)CN1. The van der Waals surface area contributed by atoms with Crippen LogP contribution in [0.5, 0.6) is 0 Å². The van der Waals surface area contributed by atoms with Gasteiger partial charge in [-0.2, -0.15) is 0 Å². The molecule has 2 fully saturated rings. The largest absolute Gasteiger partial charge is 0.378 e. The van der Waals surface area contributed by atoms with E-state index in [0.717, 1.165) is 25.0 Å². The van der Waals surface area contributed by atoms with Crippen LogP contribution in [-0.4, -0.2) is 49.3 Å². The van der Waals surface area contributed by atoms with Crippen LogP contribution in [0.15, 0.2) is 0 Å². The first-order chi connectivity index (χ1) is 9.15. The van der Waals surface area contributed by atoms with E-state index in [-0.39, 0.29) is 0 Å². The summed E-state index contributed by atoms with van der Waals surface area (Å²) in [6.07, 6.45) is 4.19. The summed E-state index contributed by atoms with van der Waals surface area (Å²) in [7, 11) is 0. The molecule has 0 saturated carbocycles. The third kappa shape index (κ3) is 3.71. The molecule has 0 aromatic heterocycles. The van der Waals surface area contributed by atoms with E-state index < -0.39 is 0 Å². The van der Waals surface area contributed by atoms with E-state index in [0.29, 0.717) is 18.2 Å². The maximum absolute atomic E-state index is 5.84. The minimum atomic E-state index is 0.504. The molecular weight excluding hydrogens is 236 g/mol. The van der Waals surface area contributed by atoms with E-state index in [2.05, 4.69) is 37.9 Å². The molecule has 5 unspecified atom stereocenters. The summed E-state index contributed by atoms with van der Waals surface area (Å²) in [6, 6.07) is 1.34. The third-order valence-corrected chi connectivity index (χ3v) is 5.28. The number of ether oxygens (including phenoxy) is 1. The van der Waals surface area contributed by atoms with Crippen molar-refractivity contribution in [3.8, 4) is 0 Å². The van der Waals surface area contributed by atoms with Crippen LogP contribution in [0, 0.1) is 11.8 Å².